The molecule has 0 saturated heterocycles. The van der Waals surface area contributed by atoms with Crippen LogP contribution in [0.3, 0.4) is 0 Å². The van der Waals surface area contributed by atoms with Crippen LogP contribution in [0.4, 0.5) is 23.3 Å². The quantitative estimate of drug-likeness (QED) is 0.0590. The third kappa shape index (κ3) is 12.1. The minimum Gasteiger partial charge on any atom is -0.382 e. The maximum Gasteiger partial charge on any atom is 0.280 e. The van der Waals surface area contributed by atoms with Gasteiger partial charge in [-0.2, -0.15) is 0 Å². The van der Waals surface area contributed by atoms with Gasteiger partial charge in [-0.1, -0.05) is 23.2 Å². The Bertz CT molecular complexity index is 1860. The van der Waals surface area contributed by atoms with Gasteiger partial charge in [-0.05, 0) is 59.8 Å². The zero-order valence-electron chi connectivity index (χ0n) is 26.8. The standard InChI is InChI=1S/C28H35BrCl2N16O4/c29-14-11-12(23(48)38-7-1-3-9-40-27(36)46-25(50)15-19(32)44-21(34)17(30)42-15)5-6-13(14)24(49)39-8-2-4-10-41-28(37)47-26(51)16-20(33)45-22(35)18(31)43-16/h5-6,11H,1-4,7-10H2,(H,38,48)(H,39,49)(H4,32,34,44)(H4,33,35,45)(H3,36,40,46,50)(H3,37,41,47,51). The zero-order valence-corrected chi connectivity index (χ0v) is 29.9. The molecule has 20 nitrogen and oxygen atoms in total. The van der Waals surface area contributed by atoms with Crippen molar-refractivity contribution < 1.29 is 19.2 Å². The number of guanidine groups is 2. The van der Waals surface area contributed by atoms with Gasteiger partial charge in [0.15, 0.2) is 56.9 Å². The molecule has 0 atom stereocenters. The minimum atomic E-state index is -0.746. The lowest BCUT2D eigenvalue weighted by atomic mass is 10.1. The Kier molecular flexibility index (Phi) is 14.9. The van der Waals surface area contributed by atoms with E-state index < -0.39 is 11.8 Å². The van der Waals surface area contributed by atoms with E-state index in [0.29, 0.717) is 54.4 Å². The van der Waals surface area contributed by atoms with Crippen molar-refractivity contribution >= 4 is 98.0 Å². The van der Waals surface area contributed by atoms with Gasteiger partial charge in [-0.3, -0.25) is 39.8 Å². The van der Waals surface area contributed by atoms with Gasteiger partial charge in [0, 0.05) is 36.2 Å². The Morgan fingerprint density at radius 2 is 1.10 bits per heavy atom. The molecule has 4 amide bonds. The minimum absolute atomic E-state index is 0.110. The predicted molar refractivity (Wildman–Crippen MR) is 197 cm³/mol. The summed E-state index contributed by atoms with van der Waals surface area (Å²) < 4.78 is 0.439. The van der Waals surface area contributed by atoms with Gasteiger partial charge >= 0.3 is 0 Å². The van der Waals surface area contributed by atoms with Crippen LogP contribution < -0.4 is 55.7 Å². The van der Waals surface area contributed by atoms with Crippen LogP contribution in [0.15, 0.2) is 32.7 Å². The molecule has 3 rings (SSSR count). The summed E-state index contributed by atoms with van der Waals surface area (Å²) in [6.07, 6.45) is 2.24. The summed E-state index contributed by atoms with van der Waals surface area (Å²) in [5.74, 6) is -3.12. The number of halogens is 3. The average molecular weight is 811 g/mol. The van der Waals surface area contributed by atoms with Gasteiger partial charge in [0.25, 0.3) is 23.6 Å². The molecular weight excluding hydrogens is 775 g/mol. The fourth-order valence-corrected chi connectivity index (χ4v) is 4.77. The first-order valence-corrected chi connectivity index (χ1v) is 16.5. The van der Waals surface area contributed by atoms with Crippen molar-refractivity contribution in [3.63, 3.8) is 0 Å². The number of nitrogens with zero attached hydrogens (tertiary/aromatic N) is 6. The SMILES string of the molecule is NC(=NCCCCNC(=O)c1ccc(C(=O)NCCCCN=C(N)NC(=O)c2nc(Cl)c(N)nc2N)c(Br)c1)NC(=O)c1nc(Cl)c(N)nc1N. The van der Waals surface area contributed by atoms with Gasteiger partial charge in [-0.15, -0.1) is 0 Å². The van der Waals surface area contributed by atoms with Crippen molar-refractivity contribution in [1.82, 2.24) is 41.2 Å². The highest BCUT2D eigenvalue weighted by atomic mass is 79.9. The average Bonchev–Trinajstić information content (AvgIpc) is 3.07. The Hall–Kier alpha value is -5.54. The first kappa shape index (κ1) is 39.9. The maximum atomic E-state index is 12.7. The molecule has 0 saturated carbocycles. The Balaban J connectivity index is 1.33. The van der Waals surface area contributed by atoms with Gasteiger partial charge in [0.05, 0.1) is 5.56 Å². The number of aliphatic imine (C=N–C) groups is 2. The molecule has 51 heavy (non-hydrogen) atoms. The van der Waals surface area contributed by atoms with Crippen LogP contribution in [0.5, 0.6) is 0 Å². The number of benzene rings is 1. The van der Waals surface area contributed by atoms with E-state index in [0.717, 1.165) is 0 Å². The van der Waals surface area contributed by atoms with Crippen LogP contribution in [-0.2, 0) is 0 Å². The number of nitrogens with one attached hydrogen (secondary N) is 4. The molecule has 0 unspecified atom stereocenters. The van der Waals surface area contributed by atoms with Gasteiger partial charge in [-0.25, -0.2) is 19.9 Å². The monoisotopic (exact) mass is 808 g/mol. The summed E-state index contributed by atoms with van der Waals surface area (Å²) in [6, 6.07) is 4.63. The number of nitrogens with two attached hydrogens (primary N) is 6. The predicted octanol–water partition coefficient (Wildman–Crippen LogP) is 0.174. The molecule has 0 aliphatic rings. The van der Waals surface area contributed by atoms with Crippen molar-refractivity contribution in [2.75, 3.05) is 49.1 Å². The van der Waals surface area contributed by atoms with E-state index in [9.17, 15) is 19.2 Å². The number of carbonyl (C=O) groups excluding carboxylic acids is 4. The van der Waals surface area contributed by atoms with Crippen LogP contribution in [-0.4, -0.2) is 81.7 Å². The molecule has 16 N–H and O–H groups in total. The second kappa shape index (κ2) is 19.0. The number of aromatic nitrogens is 4. The highest BCUT2D eigenvalue weighted by Crippen LogP contribution is 2.20. The van der Waals surface area contributed by atoms with E-state index >= 15 is 0 Å². The van der Waals surface area contributed by atoms with Crippen LogP contribution in [0.1, 0.15) is 67.4 Å². The van der Waals surface area contributed by atoms with Gasteiger partial charge < -0.3 is 45.0 Å². The largest absolute Gasteiger partial charge is 0.382 e. The summed E-state index contributed by atoms with van der Waals surface area (Å²) in [4.78, 5) is 73.0. The van der Waals surface area contributed by atoms with E-state index in [4.69, 9.17) is 57.6 Å². The molecule has 0 bridgehead atoms. The van der Waals surface area contributed by atoms with E-state index in [1.165, 1.54) is 12.1 Å². The topological polar surface area (TPSA) is 349 Å². The lowest BCUT2D eigenvalue weighted by molar-refractivity contribution is 0.0940. The molecule has 3 aromatic rings. The van der Waals surface area contributed by atoms with Gasteiger partial charge in [0.2, 0.25) is 0 Å². The Labute approximate surface area is 309 Å². The van der Waals surface area contributed by atoms with Crippen LogP contribution in [0.25, 0.3) is 0 Å². The van der Waals surface area contributed by atoms with E-state index in [-0.39, 0.29) is 81.8 Å². The van der Waals surface area contributed by atoms with E-state index in [1.807, 2.05) is 0 Å². The highest BCUT2D eigenvalue weighted by Gasteiger charge is 2.18. The number of unbranched alkanes of at least 4 members (excludes halogenated alkanes) is 2. The number of rotatable bonds is 14. The number of hydrogen-bond acceptors (Lipinski definition) is 14. The number of nitrogen functional groups attached to an aromatic ring is 4. The van der Waals surface area contributed by atoms with Crippen molar-refractivity contribution in [3.05, 3.63) is 55.5 Å². The molecule has 0 aliphatic carbocycles. The molecule has 0 radical (unpaired) electrons. The van der Waals surface area contributed by atoms with E-state index in [2.05, 4.69) is 67.1 Å². The van der Waals surface area contributed by atoms with Crippen LogP contribution in [0, 0.1) is 0 Å². The smallest absolute Gasteiger partial charge is 0.280 e. The summed E-state index contributed by atoms with van der Waals surface area (Å²) in [5, 5.41) is 9.93. The molecule has 2 heterocycles. The molecule has 272 valence electrons. The fraction of sp³-hybridized carbons (Fsp3) is 0.286. The first-order chi connectivity index (χ1) is 24.2. The summed E-state index contributed by atoms with van der Waals surface area (Å²) in [7, 11) is 0. The Morgan fingerprint density at radius 3 is 1.55 bits per heavy atom. The second-order valence-corrected chi connectivity index (χ2v) is 11.9. The number of hydrogen-bond donors (Lipinski definition) is 10. The third-order valence-electron chi connectivity index (χ3n) is 6.50. The molecule has 1 aromatic carbocycles. The van der Waals surface area contributed by atoms with Crippen molar-refractivity contribution in [3.8, 4) is 0 Å². The van der Waals surface area contributed by atoms with Gasteiger partial charge in [0.1, 0.15) is 0 Å². The number of amides is 4. The molecule has 0 fully saturated rings. The number of carbonyl (C=O) groups is 4. The molecular formula is C28H35BrCl2N16O4. The third-order valence-corrected chi connectivity index (χ3v) is 7.72. The highest BCUT2D eigenvalue weighted by molar-refractivity contribution is 9.10. The summed E-state index contributed by atoms with van der Waals surface area (Å²) in [6.45, 7) is 1.23. The van der Waals surface area contributed by atoms with Crippen LogP contribution in [0.2, 0.25) is 10.3 Å². The zero-order chi connectivity index (χ0) is 37.7. The first-order valence-electron chi connectivity index (χ1n) is 14.9. The van der Waals surface area contributed by atoms with Crippen molar-refractivity contribution in [1.29, 1.82) is 0 Å². The Morgan fingerprint density at radius 1 is 0.647 bits per heavy atom. The maximum absolute atomic E-state index is 12.7. The fourth-order valence-electron chi connectivity index (χ4n) is 3.96. The molecule has 23 heteroatoms. The van der Waals surface area contributed by atoms with Crippen LogP contribution >= 0.6 is 39.1 Å². The second-order valence-electron chi connectivity index (χ2n) is 10.3. The van der Waals surface area contributed by atoms with Crippen molar-refractivity contribution in [2.45, 2.75) is 25.7 Å². The van der Waals surface area contributed by atoms with E-state index in [1.54, 1.807) is 6.07 Å². The molecule has 0 spiro atoms. The molecule has 0 aliphatic heterocycles. The normalized spacial score (nSPS) is 11.5. The summed E-state index contributed by atoms with van der Waals surface area (Å²) in [5.41, 5.74) is 34.0. The lowest BCUT2D eigenvalue weighted by Crippen LogP contribution is -2.38. The summed E-state index contributed by atoms with van der Waals surface area (Å²) >= 11 is 14.9. The molecule has 2 aromatic heterocycles. The number of anilines is 4. The van der Waals surface area contributed by atoms with Crippen molar-refractivity contribution in [2.24, 2.45) is 21.5 Å². The lowest BCUT2D eigenvalue weighted by Gasteiger charge is -2.09.